The second-order valence-corrected chi connectivity index (χ2v) is 5.67. The first kappa shape index (κ1) is 11.7. The lowest BCUT2D eigenvalue weighted by Crippen LogP contribution is -2.00. The van der Waals surface area contributed by atoms with Gasteiger partial charge in [0.2, 0.25) is 0 Å². The van der Waals surface area contributed by atoms with Crippen molar-refractivity contribution in [2.45, 2.75) is 19.8 Å². The van der Waals surface area contributed by atoms with Crippen molar-refractivity contribution in [2.24, 2.45) is 0 Å². The summed E-state index contributed by atoms with van der Waals surface area (Å²) in [6.45, 7) is 4.33. The van der Waals surface area contributed by atoms with Gasteiger partial charge in [-0.25, -0.2) is 0 Å². The lowest BCUT2D eigenvalue weighted by atomic mass is 9.89. The predicted octanol–water partition coefficient (Wildman–Crippen LogP) is 5.22. The predicted molar refractivity (Wildman–Crippen MR) is 80.9 cm³/mol. The zero-order valence-corrected chi connectivity index (χ0v) is 12.2. The van der Waals surface area contributed by atoms with E-state index >= 15 is 0 Å². The molecule has 1 heteroatoms. The van der Waals surface area contributed by atoms with E-state index in [2.05, 4.69) is 78.3 Å². The normalized spacial score (nSPS) is 16.9. The number of hydrogen-bond acceptors (Lipinski definition) is 0. The fourth-order valence-corrected chi connectivity index (χ4v) is 3.05. The molecule has 18 heavy (non-hydrogen) atoms. The first-order valence-corrected chi connectivity index (χ1v) is 7.00. The van der Waals surface area contributed by atoms with Gasteiger partial charge in [0.15, 0.2) is 0 Å². The summed E-state index contributed by atoms with van der Waals surface area (Å²) in [6.07, 6.45) is 4.53. The van der Waals surface area contributed by atoms with Crippen LogP contribution in [0, 0.1) is 13.8 Å². The van der Waals surface area contributed by atoms with Crippen molar-refractivity contribution in [1.82, 2.24) is 0 Å². The van der Waals surface area contributed by atoms with Gasteiger partial charge in [0.25, 0.3) is 0 Å². The SMILES string of the molecule is Cc1ccc(C2C=Cc3ccccc32)c(C)c1Br. The molecule has 90 valence electrons. The van der Waals surface area contributed by atoms with Crippen molar-refractivity contribution in [3.05, 3.63) is 74.8 Å². The molecule has 0 aliphatic heterocycles. The molecule has 0 nitrogen and oxygen atoms in total. The van der Waals surface area contributed by atoms with E-state index in [-0.39, 0.29) is 0 Å². The summed E-state index contributed by atoms with van der Waals surface area (Å²) in [4.78, 5) is 0. The molecule has 0 saturated carbocycles. The topological polar surface area (TPSA) is 0 Å². The number of halogens is 1. The number of allylic oxidation sites excluding steroid dienone is 1. The van der Waals surface area contributed by atoms with Gasteiger partial charge >= 0.3 is 0 Å². The monoisotopic (exact) mass is 298 g/mol. The third-order valence-electron chi connectivity index (χ3n) is 3.76. The average molecular weight is 299 g/mol. The Bertz CT molecular complexity index is 638. The van der Waals surface area contributed by atoms with Crippen molar-refractivity contribution < 1.29 is 0 Å². The maximum Gasteiger partial charge on any atom is 0.0281 e. The Morgan fingerprint density at radius 1 is 0.944 bits per heavy atom. The summed E-state index contributed by atoms with van der Waals surface area (Å²) < 4.78 is 1.23. The van der Waals surface area contributed by atoms with Crippen LogP contribution in [0.25, 0.3) is 6.08 Å². The summed E-state index contributed by atoms with van der Waals surface area (Å²) in [7, 11) is 0. The molecule has 3 rings (SSSR count). The summed E-state index contributed by atoms with van der Waals surface area (Å²) in [5.74, 6) is 0.401. The molecule has 1 unspecified atom stereocenters. The highest BCUT2D eigenvalue weighted by atomic mass is 79.9. The van der Waals surface area contributed by atoms with Gasteiger partial charge in [-0.2, -0.15) is 0 Å². The standard InChI is InChI=1S/C17H15Br/c1-11-7-9-14(12(2)17(11)18)16-10-8-13-5-3-4-6-15(13)16/h3-10,16H,1-2H3. The summed E-state index contributed by atoms with van der Waals surface area (Å²) in [5, 5.41) is 0. The number of aryl methyl sites for hydroxylation is 1. The molecular formula is C17H15Br. The van der Waals surface area contributed by atoms with Crippen LogP contribution in [0.15, 0.2) is 46.9 Å². The van der Waals surface area contributed by atoms with E-state index in [1.807, 2.05) is 0 Å². The Morgan fingerprint density at radius 3 is 2.56 bits per heavy atom. The Balaban J connectivity index is 2.14. The van der Waals surface area contributed by atoms with Gasteiger partial charge in [0, 0.05) is 10.4 Å². The second-order valence-electron chi connectivity index (χ2n) is 4.88. The molecule has 0 spiro atoms. The number of fused-ring (bicyclic) bond motifs is 1. The van der Waals surface area contributed by atoms with Gasteiger partial charge in [-0.05, 0) is 41.7 Å². The number of hydrogen-bond donors (Lipinski definition) is 0. The van der Waals surface area contributed by atoms with E-state index in [1.165, 1.54) is 32.3 Å². The minimum Gasteiger partial charge on any atom is -0.0720 e. The van der Waals surface area contributed by atoms with Crippen molar-refractivity contribution in [3.8, 4) is 0 Å². The van der Waals surface area contributed by atoms with Crippen LogP contribution in [0.5, 0.6) is 0 Å². The maximum absolute atomic E-state index is 3.69. The summed E-state index contributed by atoms with van der Waals surface area (Å²) >= 11 is 3.69. The Labute approximate surface area is 116 Å². The molecule has 2 aromatic rings. The largest absolute Gasteiger partial charge is 0.0720 e. The van der Waals surface area contributed by atoms with Crippen LogP contribution in [0.4, 0.5) is 0 Å². The third-order valence-corrected chi connectivity index (χ3v) is 4.98. The fourth-order valence-electron chi connectivity index (χ4n) is 2.69. The average Bonchev–Trinajstić information content (AvgIpc) is 2.80. The van der Waals surface area contributed by atoms with Gasteiger partial charge in [-0.1, -0.05) is 64.5 Å². The van der Waals surface area contributed by atoms with Crippen LogP contribution in [-0.4, -0.2) is 0 Å². The zero-order chi connectivity index (χ0) is 12.7. The zero-order valence-electron chi connectivity index (χ0n) is 10.6. The molecule has 0 bridgehead atoms. The quantitative estimate of drug-likeness (QED) is 0.677. The summed E-state index contributed by atoms with van der Waals surface area (Å²) in [6, 6.07) is 13.1. The highest BCUT2D eigenvalue weighted by molar-refractivity contribution is 9.10. The molecule has 1 aliphatic carbocycles. The van der Waals surface area contributed by atoms with Crippen molar-refractivity contribution in [1.29, 1.82) is 0 Å². The lowest BCUT2D eigenvalue weighted by molar-refractivity contribution is 1.02. The van der Waals surface area contributed by atoms with Crippen LogP contribution >= 0.6 is 15.9 Å². The van der Waals surface area contributed by atoms with Crippen LogP contribution in [0.1, 0.15) is 33.7 Å². The molecule has 1 atom stereocenters. The molecule has 0 saturated heterocycles. The Morgan fingerprint density at radius 2 is 1.72 bits per heavy atom. The van der Waals surface area contributed by atoms with E-state index < -0.39 is 0 Å². The molecule has 0 heterocycles. The maximum atomic E-state index is 3.69. The summed E-state index contributed by atoms with van der Waals surface area (Å²) in [5.41, 5.74) is 6.80. The van der Waals surface area contributed by atoms with Crippen molar-refractivity contribution in [3.63, 3.8) is 0 Å². The minimum atomic E-state index is 0.401. The van der Waals surface area contributed by atoms with Crippen LogP contribution < -0.4 is 0 Å². The van der Waals surface area contributed by atoms with Gasteiger partial charge in [0.1, 0.15) is 0 Å². The first-order chi connectivity index (χ1) is 8.68. The first-order valence-electron chi connectivity index (χ1n) is 6.21. The van der Waals surface area contributed by atoms with Gasteiger partial charge in [-0.3, -0.25) is 0 Å². The molecule has 0 radical (unpaired) electrons. The van der Waals surface area contributed by atoms with E-state index in [1.54, 1.807) is 0 Å². The van der Waals surface area contributed by atoms with E-state index in [0.717, 1.165) is 0 Å². The fraction of sp³-hybridized carbons (Fsp3) is 0.176. The van der Waals surface area contributed by atoms with E-state index in [9.17, 15) is 0 Å². The van der Waals surface area contributed by atoms with Crippen molar-refractivity contribution in [2.75, 3.05) is 0 Å². The van der Waals surface area contributed by atoms with E-state index in [4.69, 9.17) is 0 Å². The second kappa shape index (κ2) is 4.40. The number of rotatable bonds is 1. The van der Waals surface area contributed by atoms with Crippen LogP contribution in [0.3, 0.4) is 0 Å². The van der Waals surface area contributed by atoms with Gasteiger partial charge in [0.05, 0.1) is 0 Å². The molecule has 0 amide bonds. The molecule has 0 aromatic heterocycles. The molecule has 2 aromatic carbocycles. The smallest absolute Gasteiger partial charge is 0.0281 e. The van der Waals surface area contributed by atoms with Crippen LogP contribution in [0.2, 0.25) is 0 Å². The Hall–Kier alpha value is -1.34. The molecule has 0 N–H and O–H groups in total. The lowest BCUT2D eigenvalue weighted by Gasteiger charge is -2.16. The van der Waals surface area contributed by atoms with E-state index in [0.29, 0.717) is 5.92 Å². The number of benzene rings is 2. The van der Waals surface area contributed by atoms with Gasteiger partial charge < -0.3 is 0 Å². The third kappa shape index (κ3) is 1.74. The molecular weight excluding hydrogens is 284 g/mol. The van der Waals surface area contributed by atoms with Crippen molar-refractivity contribution >= 4 is 22.0 Å². The molecule has 0 fully saturated rings. The molecule has 1 aliphatic rings. The van der Waals surface area contributed by atoms with Crippen LogP contribution in [-0.2, 0) is 0 Å². The highest BCUT2D eigenvalue weighted by Crippen LogP contribution is 2.38. The Kier molecular flexibility index (Phi) is 2.87. The minimum absolute atomic E-state index is 0.401. The van der Waals surface area contributed by atoms with Gasteiger partial charge in [-0.15, -0.1) is 0 Å². The highest BCUT2D eigenvalue weighted by Gasteiger charge is 2.20.